The van der Waals surface area contributed by atoms with Crippen LogP contribution in [0.25, 0.3) is 0 Å². The summed E-state index contributed by atoms with van der Waals surface area (Å²) in [5, 5.41) is 3.22. The average molecular weight is 395 g/mol. The molecule has 0 spiro atoms. The van der Waals surface area contributed by atoms with Crippen LogP contribution in [0.15, 0.2) is 48.5 Å². The number of carbonyl (C=O) groups excluding carboxylic acids is 1. The molecule has 0 aliphatic heterocycles. The molecule has 0 aliphatic rings. The molecule has 0 heterocycles. The highest BCUT2D eigenvalue weighted by Gasteiger charge is 2.30. The molecule has 0 aromatic heterocycles. The molecule has 2 aromatic rings. The summed E-state index contributed by atoms with van der Waals surface area (Å²) in [6.45, 7) is 3.78. The smallest absolute Gasteiger partial charge is 0.243 e. The van der Waals surface area contributed by atoms with Crippen molar-refractivity contribution in [1.82, 2.24) is 5.32 Å². The van der Waals surface area contributed by atoms with Gasteiger partial charge in [-0.25, -0.2) is 8.42 Å². The van der Waals surface area contributed by atoms with Gasteiger partial charge in [-0.05, 0) is 43.5 Å². The van der Waals surface area contributed by atoms with Crippen LogP contribution in [0, 0.1) is 6.92 Å². The molecule has 1 amide bonds. The molecule has 26 heavy (non-hydrogen) atoms. The third kappa shape index (κ3) is 5.22. The van der Waals surface area contributed by atoms with E-state index in [-0.39, 0.29) is 5.91 Å². The number of anilines is 1. The van der Waals surface area contributed by atoms with E-state index in [1.54, 1.807) is 32.0 Å². The fraction of sp³-hybridized carbons (Fsp3) is 0.316. The molecule has 7 heteroatoms. The lowest BCUT2D eigenvalue weighted by molar-refractivity contribution is -0.121. The summed E-state index contributed by atoms with van der Waals surface area (Å²) in [4.78, 5) is 12.5. The Morgan fingerprint density at radius 3 is 2.46 bits per heavy atom. The van der Waals surface area contributed by atoms with E-state index in [4.69, 9.17) is 11.6 Å². The Balaban J connectivity index is 2.15. The molecule has 0 saturated carbocycles. The third-order valence-corrected chi connectivity index (χ3v) is 5.52. The van der Waals surface area contributed by atoms with Crippen LogP contribution in [0.5, 0.6) is 0 Å². The summed E-state index contributed by atoms with van der Waals surface area (Å²) >= 11 is 6.02. The van der Waals surface area contributed by atoms with Crippen LogP contribution in [0.3, 0.4) is 0 Å². The molecule has 0 radical (unpaired) electrons. The van der Waals surface area contributed by atoms with Crippen molar-refractivity contribution < 1.29 is 13.2 Å². The number of sulfonamides is 1. The Morgan fingerprint density at radius 2 is 1.85 bits per heavy atom. The van der Waals surface area contributed by atoms with Crippen LogP contribution in [-0.2, 0) is 21.2 Å². The molecule has 2 rings (SSSR count). The molecular formula is C19H23ClN2O3S. The molecule has 0 unspecified atom stereocenters. The predicted octanol–water partition coefficient (Wildman–Crippen LogP) is 3.16. The number of nitrogens with one attached hydrogen (secondary N) is 1. The number of carbonyl (C=O) groups is 1. The predicted molar refractivity (Wildman–Crippen MR) is 106 cm³/mol. The second-order valence-corrected chi connectivity index (χ2v) is 8.49. The zero-order valence-corrected chi connectivity index (χ0v) is 16.6. The summed E-state index contributed by atoms with van der Waals surface area (Å²) in [5.74, 6) is -0.356. The highest BCUT2D eigenvalue weighted by molar-refractivity contribution is 7.92. The normalized spacial score (nSPS) is 12.5. The maximum absolute atomic E-state index is 12.5. The van der Waals surface area contributed by atoms with Crippen LogP contribution >= 0.6 is 11.6 Å². The summed E-state index contributed by atoms with van der Waals surface area (Å²) in [5.41, 5.74) is 2.24. The highest BCUT2D eigenvalue weighted by Crippen LogP contribution is 2.28. The number of halogens is 1. The first kappa shape index (κ1) is 20.3. The van der Waals surface area contributed by atoms with Crippen molar-refractivity contribution >= 4 is 33.2 Å². The number of hydrogen-bond acceptors (Lipinski definition) is 3. The van der Waals surface area contributed by atoms with Gasteiger partial charge in [-0.15, -0.1) is 0 Å². The minimum atomic E-state index is -3.66. The zero-order valence-electron chi connectivity index (χ0n) is 15.1. The minimum Gasteiger partial charge on any atom is -0.354 e. The number of amides is 1. The number of hydrogen-bond donors (Lipinski definition) is 1. The second-order valence-electron chi connectivity index (χ2n) is 6.19. The Labute approximate surface area is 160 Å². The van der Waals surface area contributed by atoms with Gasteiger partial charge in [-0.1, -0.05) is 48.0 Å². The molecule has 5 nitrogen and oxygen atoms in total. The van der Waals surface area contributed by atoms with E-state index in [2.05, 4.69) is 5.32 Å². The molecular weight excluding hydrogens is 372 g/mol. The summed E-state index contributed by atoms with van der Waals surface area (Å²) < 4.78 is 25.8. The first-order chi connectivity index (χ1) is 12.2. The third-order valence-electron chi connectivity index (χ3n) is 4.05. The fourth-order valence-corrected chi connectivity index (χ4v) is 4.11. The Kier molecular flexibility index (Phi) is 6.67. The topological polar surface area (TPSA) is 66.5 Å². The average Bonchev–Trinajstić information content (AvgIpc) is 2.57. The van der Waals surface area contributed by atoms with Crippen molar-refractivity contribution in [2.75, 3.05) is 17.1 Å². The van der Waals surface area contributed by atoms with E-state index >= 15 is 0 Å². The Hall–Kier alpha value is -2.05. The van der Waals surface area contributed by atoms with Crippen LogP contribution < -0.4 is 9.62 Å². The lowest BCUT2D eigenvalue weighted by Gasteiger charge is -2.29. The van der Waals surface area contributed by atoms with Gasteiger partial charge in [-0.3, -0.25) is 9.10 Å². The first-order valence-electron chi connectivity index (χ1n) is 8.27. The summed E-state index contributed by atoms with van der Waals surface area (Å²) in [6, 6.07) is 13.9. The van der Waals surface area contributed by atoms with Crippen LogP contribution in [0.1, 0.15) is 18.1 Å². The van der Waals surface area contributed by atoms with Gasteiger partial charge < -0.3 is 5.32 Å². The van der Waals surface area contributed by atoms with E-state index in [1.807, 2.05) is 30.3 Å². The maximum atomic E-state index is 12.5. The van der Waals surface area contributed by atoms with Crippen molar-refractivity contribution in [2.24, 2.45) is 0 Å². The zero-order chi connectivity index (χ0) is 19.3. The van der Waals surface area contributed by atoms with E-state index < -0.39 is 16.1 Å². The molecule has 0 bridgehead atoms. The van der Waals surface area contributed by atoms with Gasteiger partial charge in [0.1, 0.15) is 6.04 Å². The first-order valence-corrected chi connectivity index (χ1v) is 10.5. The van der Waals surface area contributed by atoms with Gasteiger partial charge in [-0.2, -0.15) is 0 Å². The van der Waals surface area contributed by atoms with E-state index in [0.29, 0.717) is 23.7 Å². The van der Waals surface area contributed by atoms with Gasteiger partial charge in [0.05, 0.1) is 11.9 Å². The lowest BCUT2D eigenvalue weighted by Crippen LogP contribution is -2.48. The van der Waals surface area contributed by atoms with Crippen molar-refractivity contribution in [2.45, 2.75) is 26.3 Å². The molecule has 0 saturated heterocycles. The van der Waals surface area contributed by atoms with Crippen LogP contribution in [0.4, 0.5) is 5.69 Å². The minimum absolute atomic E-state index is 0.356. The van der Waals surface area contributed by atoms with Crippen molar-refractivity contribution in [1.29, 1.82) is 0 Å². The quantitative estimate of drug-likeness (QED) is 0.784. The van der Waals surface area contributed by atoms with Crippen LogP contribution in [0.2, 0.25) is 5.02 Å². The molecule has 1 atom stereocenters. The van der Waals surface area contributed by atoms with Gasteiger partial charge in [0, 0.05) is 11.6 Å². The SMILES string of the molecule is Cc1ccc(Cl)cc1N([C@@H](C)C(=O)NCCc1ccccc1)S(C)(=O)=O. The van der Waals surface area contributed by atoms with E-state index in [1.165, 1.54) is 0 Å². The lowest BCUT2D eigenvalue weighted by atomic mass is 10.1. The molecule has 2 aromatic carbocycles. The molecule has 0 aliphatic carbocycles. The van der Waals surface area contributed by atoms with Crippen molar-refractivity contribution in [3.63, 3.8) is 0 Å². The number of nitrogens with zero attached hydrogens (tertiary/aromatic N) is 1. The fourth-order valence-electron chi connectivity index (χ4n) is 2.72. The Bertz CT molecular complexity index is 870. The van der Waals surface area contributed by atoms with Gasteiger partial charge in [0.2, 0.25) is 15.9 Å². The summed E-state index contributed by atoms with van der Waals surface area (Å²) in [6.07, 6.45) is 1.76. The van der Waals surface area contributed by atoms with Gasteiger partial charge in [0.15, 0.2) is 0 Å². The number of aryl methyl sites for hydroxylation is 1. The van der Waals surface area contributed by atoms with E-state index in [9.17, 15) is 13.2 Å². The van der Waals surface area contributed by atoms with E-state index in [0.717, 1.165) is 21.7 Å². The van der Waals surface area contributed by atoms with Gasteiger partial charge >= 0.3 is 0 Å². The van der Waals surface area contributed by atoms with Crippen molar-refractivity contribution in [3.05, 3.63) is 64.7 Å². The Morgan fingerprint density at radius 1 is 1.19 bits per heavy atom. The maximum Gasteiger partial charge on any atom is 0.243 e. The summed E-state index contributed by atoms with van der Waals surface area (Å²) in [7, 11) is -3.66. The largest absolute Gasteiger partial charge is 0.354 e. The van der Waals surface area contributed by atoms with Crippen LogP contribution in [-0.4, -0.2) is 33.2 Å². The van der Waals surface area contributed by atoms with Crippen molar-refractivity contribution in [3.8, 4) is 0 Å². The second kappa shape index (κ2) is 8.56. The highest BCUT2D eigenvalue weighted by atomic mass is 35.5. The molecule has 0 fully saturated rings. The number of rotatable bonds is 7. The monoisotopic (exact) mass is 394 g/mol. The standard InChI is InChI=1S/C19H23ClN2O3S/c1-14-9-10-17(20)13-18(14)22(26(3,24)25)15(2)19(23)21-12-11-16-7-5-4-6-8-16/h4-10,13,15H,11-12H2,1-3H3,(H,21,23)/t15-/m0/s1. The molecule has 1 N–H and O–H groups in total. The molecule has 140 valence electrons. The number of benzene rings is 2. The van der Waals surface area contributed by atoms with Gasteiger partial charge in [0.25, 0.3) is 0 Å².